The molecule has 1 fully saturated rings. The molecular formula is C12H15BrN2O. The van der Waals surface area contributed by atoms with E-state index in [1.165, 1.54) is 0 Å². The highest BCUT2D eigenvalue weighted by atomic mass is 79.9. The van der Waals surface area contributed by atoms with Gasteiger partial charge < -0.3 is 10.2 Å². The van der Waals surface area contributed by atoms with E-state index in [0.29, 0.717) is 0 Å². The summed E-state index contributed by atoms with van der Waals surface area (Å²) in [5.74, 6) is 0.121. The molecule has 0 saturated carbocycles. The van der Waals surface area contributed by atoms with Crippen molar-refractivity contribution in [2.24, 2.45) is 0 Å². The van der Waals surface area contributed by atoms with Crippen LogP contribution >= 0.6 is 15.9 Å². The third-order valence-electron chi connectivity index (χ3n) is 2.73. The van der Waals surface area contributed by atoms with Crippen LogP contribution in [0.5, 0.6) is 0 Å². The molecule has 0 spiro atoms. The van der Waals surface area contributed by atoms with E-state index in [2.05, 4.69) is 21.2 Å². The zero-order valence-corrected chi connectivity index (χ0v) is 10.7. The molecule has 1 N–H and O–H groups in total. The molecule has 1 aliphatic heterocycles. The highest BCUT2D eigenvalue weighted by Crippen LogP contribution is 2.18. The standard InChI is InChI=1S/C12H15BrN2O/c13-11-5-2-1-4-10(11)12(16)15-8-3-6-14-7-9-15/h1-2,4-5,14H,3,6-9H2. The molecule has 0 aliphatic carbocycles. The fraction of sp³-hybridized carbons (Fsp3) is 0.417. The van der Waals surface area contributed by atoms with Gasteiger partial charge in [-0.3, -0.25) is 4.79 Å². The monoisotopic (exact) mass is 282 g/mol. The summed E-state index contributed by atoms with van der Waals surface area (Å²) in [5.41, 5.74) is 0.754. The molecule has 2 rings (SSSR count). The van der Waals surface area contributed by atoms with Crippen LogP contribution in [-0.2, 0) is 0 Å². The van der Waals surface area contributed by atoms with Gasteiger partial charge in [0, 0.05) is 24.1 Å². The summed E-state index contributed by atoms with van der Waals surface area (Å²) < 4.78 is 0.872. The van der Waals surface area contributed by atoms with Gasteiger partial charge in [-0.05, 0) is 41.0 Å². The van der Waals surface area contributed by atoms with E-state index in [4.69, 9.17) is 0 Å². The highest BCUT2D eigenvalue weighted by molar-refractivity contribution is 9.10. The fourth-order valence-corrected chi connectivity index (χ4v) is 2.31. The second kappa shape index (κ2) is 5.46. The Morgan fingerprint density at radius 2 is 2.06 bits per heavy atom. The van der Waals surface area contributed by atoms with Gasteiger partial charge in [-0.25, -0.2) is 0 Å². The van der Waals surface area contributed by atoms with Crippen LogP contribution in [0.15, 0.2) is 28.7 Å². The van der Waals surface area contributed by atoms with Gasteiger partial charge in [-0.15, -0.1) is 0 Å². The maximum Gasteiger partial charge on any atom is 0.255 e. The number of benzene rings is 1. The van der Waals surface area contributed by atoms with Gasteiger partial charge in [0.1, 0.15) is 0 Å². The molecule has 86 valence electrons. The van der Waals surface area contributed by atoms with Crippen molar-refractivity contribution in [3.8, 4) is 0 Å². The molecule has 1 heterocycles. The molecule has 0 bridgehead atoms. The molecule has 4 heteroatoms. The number of nitrogens with zero attached hydrogens (tertiary/aromatic N) is 1. The lowest BCUT2D eigenvalue weighted by Crippen LogP contribution is -2.34. The van der Waals surface area contributed by atoms with Crippen LogP contribution in [0.1, 0.15) is 16.8 Å². The minimum absolute atomic E-state index is 0.121. The summed E-state index contributed by atoms with van der Waals surface area (Å²) >= 11 is 3.42. The van der Waals surface area contributed by atoms with Crippen molar-refractivity contribution in [1.29, 1.82) is 0 Å². The Balaban J connectivity index is 2.14. The average molecular weight is 283 g/mol. The molecule has 1 amide bonds. The molecule has 0 radical (unpaired) electrons. The largest absolute Gasteiger partial charge is 0.337 e. The van der Waals surface area contributed by atoms with Crippen LogP contribution in [0.2, 0.25) is 0 Å². The molecule has 1 aromatic rings. The summed E-state index contributed by atoms with van der Waals surface area (Å²) in [7, 11) is 0. The van der Waals surface area contributed by atoms with Crippen LogP contribution in [0, 0.1) is 0 Å². The van der Waals surface area contributed by atoms with E-state index in [0.717, 1.165) is 42.6 Å². The van der Waals surface area contributed by atoms with Gasteiger partial charge in [0.2, 0.25) is 0 Å². The Kier molecular flexibility index (Phi) is 3.96. The third-order valence-corrected chi connectivity index (χ3v) is 3.42. The number of carbonyl (C=O) groups is 1. The van der Waals surface area contributed by atoms with Crippen molar-refractivity contribution >= 4 is 21.8 Å². The Labute approximate surface area is 104 Å². The quantitative estimate of drug-likeness (QED) is 0.853. The Morgan fingerprint density at radius 1 is 1.25 bits per heavy atom. The number of amides is 1. The lowest BCUT2D eigenvalue weighted by Gasteiger charge is -2.20. The number of carbonyl (C=O) groups excluding carboxylic acids is 1. The van der Waals surface area contributed by atoms with Gasteiger partial charge in [0.05, 0.1) is 5.56 Å². The molecule has 1 aromatic carbocycles. The van der Waals surface area contributed by atoms with E-state index < -0.39 is 0 Å². The fourth-order valence-electron chi connectivity index (χ4n) is 1.85. The smallest absolute Gasteiger partial charge is 0.255 e. The van der Waals surface area contributed by atoms with Gasteiger partial charge in [-0.1, -0.05) is 12.1 Å². The van der Waals surface area contributed by atoms with Gasteiger partial charge >= 0.3 is 0 Å². The average Bonchev–Trinajstić information content (AvgIpc) is 2.57. The van der Waals surface area contributed by atoms with Crippen LogP contribution in [0.25, 0.3) is 0 Å². The topological polar surface area (TPSA) is 32.3 Å². The SMILES string of the molecule is O=C(c1ccccc1Br)N1CCCNCC1. The molecule has 1 saturated heterocycles. The number of nitrogens with one attached hydrogen (secondary N) is 1. The minimum atomic E-state index is 0.121. The lowest BCUT2D eigenvalue weighted by molar-refractivity contribution is 0.0765. The number of hydrogen-bond donors (Lipinski definition) is 1. The van der Waals surface area contributed by atoms with E-state index in [1.807, 2.05) is 29.2 Å². The van der Waals surface area contributed by atoms with Crippen molar-refractivity contribution in [2.45, 2.75) is 6.42 Å². The summed E-state index contributed by atoms with van der Waals surface area (Å²) in [4.78, 5) is 14.2. The van der Waals surface area contributed by atoms with Crippen LogP contribution in [0.3, 0.4) is 0 Å². The van der Waals surface area contributed by atoms with Gasteiger partial charge in [0.15, 0.2) is 0 Å². The third kappa shape index (κ3) is 2.62. The van der Waals surface area contributed by atoms with Gasteiger partial charge in [0.25, 0.3) is 5.91 Å². The van der Waals surface area contributed by atoms with Crippen molar-refractivity contribution < 1.29 is 4.79 Å². The number of halogens is 1. The van der Waals surface area contributed by atoms with Crippen LogP contribution in [0.4, 0.5) is 0 Å². The number of hydrogen-bond acceptors (Lipinski definition) is 2. The molecule has 0 aromatic heterocycles. The van der Waals surface area contributed by atoms with E-state index in [9.17, 15) is 4.79 Å². The van der Waals surface area contributed by atoms with E-state index in [1.54, 1.807) is 0 Å². The Hall–Kier alpha value is -0.870. The zero-order valence-electron chi connectivity index (χ0n) is 9.08. The first kappa shape index (κ1) is 11.6. The first-order valence-corrected chi connectivity index (χ1v) is 6.33. The van der Waals surface area contributed by atoms with Crippen LogP contribution < -0.4 is 5.32 Å². The minimum Gasteiger partial charge on any atom is -0.337 e. The first-order valence-electron chi connectivity index (χ1n) is 5.53. The first-order chi connectivity index (χ1) is 7.79. The maximum absolute atomic E-state index is 12.2. The van der Waals surface area contributed by atoms with Crippen LogP contribution in [-0.4, -0.2) is 37.0 Å². The zero-order chi connectivity index (χ0) is 11.4. The van der Waals surface area contributed by atoms with Crippen molar-refractivity contribution in [3.63, 3.8) is 0 Å². The predicted octanol–water partition coefficient (Wildman–Crippen LogP) is 1.88. The highest BCUT2D eigenvalue weighted by Gasteiger charge is 2.18. The molecule has 16 heavy (non-hydrogen) atoms. The van der Waals surface area contributed by atoms with Crippen molar-refractivity contribution in [3.05, 3.63) is 34.3 Å². The summed E-state index contributed by atoms with van der Waals surface area (Å²) in [6, 6.07) is 7.59. The molecule has 0 unspecified atom stereocenters. The second-order valence-corrected chi connectivity index (χ2v) is 4.73. The summed E-state index contributed by atoms with van der Waals surface area (Å²) in [6.07, 6.45) is 1.02. The molecule has 3 nitrogen and oxygen atoms in total. The maximum atomic E-state index is 12.2. The number of rotatable bonds is 1. The second-order valence-electron chi connectivity index (χ2n) is 3.88. The Bertz CT molecular complexity index is 373. The van der Waals surface area contributed by atoms with Crippen molar-refractivity contribution in [2.75, 3.05) is 26.2 Å². The molecule has 0 atom stereocenters. The molecular weight excluding hydrogens is 268 g/mol. The summed E-state index contributed by atoms with van der Waals surface area (Å²) in [6.45, 7) is 3.52. The van der Waals surface area contributed by atoms with E-state index >= 15 is 0 Å². The molecule has 1 aliphatic rings. The van der Waals surface area contributed by atoms with Gasteiger partial charge in [-0.2, -0.15) is 0 Å². The van der Waals surface area contributed by atoms with E-state index in [-0.39, 0.29) is 5.91 Å². The normalized spacial score (nSPS) is 16.9. The summed E-state index contributed by atoms with van der Waals surface area (Å²) in [5, 5.41) is 3.29. The Morgan fingerprint density at radius 3 is 2.88 bits per heavy atom. The predicted molar refractivity (Wildman–Crippen MR) is 67.5 cm³/mol. The van der Waals surface area contributed by atoms with Crippen molar-refractivity contribution in [1.82, 2.24) is 10.2 Å². The lowest BCUT2D eigenvalue weighted by atomic mass is 10.2.